The minimum Gasteiger partial charge on any atom is -0.465 e. The molecule has 0 aliphatic rings. The summed E-state index contributed by atoms with van der Waals surface area (Å²) >= 11 is 0. The van der Waals surface area contributed by atoms with E-state index in [1.54, 1.807) is 43.7 Å². The van der Waals surface area contributed by atoms with E-state index in [1.165, 1.54) is 0 Å². The molecule has 0 saturated heterocycles. The molecule has 1 rings (SSSR count). The molecule has 1 aromatic rings. The fourth-order valence-electron chi connectivity index (χ4n) is 1.65. The highest BCUT2D eigenvalue weighted by Gasteiger charge is 2.22. The van der Waals surface area contributed by atoms with Crippen LogP contribution in [0.15, 0.2) is 24.3 Å². The minimum atomic E-state index is -2.15. The molecule has 6 heteroatoms. The smallest absolute Gasteiger partial charge is 0.325 e. The van der Waals surface area contributed by atoms with E-state index in [0.717, 1.165) is 0 Å². The largest absolute Gasteiger partial charge is 0.465 e. The highest BCUT2D eigenvalue weighted by molar-refractivity contribution is 8.02. The van der Waals surface area contributed by atoms with Crippen LogP contribution in [0.25, 0.3) is 0 Å². The quantitative estimate of drug-likeness (QED) is 0.470. The highest BCUT2D eigenvalue weighted by Crippen LogP contribution is 2.17. The normalized spacial score (nSPS) is 10.9. The first-order valence-corrected chi connectivity index (χ1v) is 8.81. The van der Waals surface area contributed by atoms with Crippen LogP contribution in [0.4, 0.5) is 5.69 Å². The van der Waals surface area contributed by atoms with E-state index < -0.39 is 9.93 Å². The van der Waals surface area contributed by atoms with E-state index in [9.17, 15) is 13.8 Å². The molecule has 1 N–H and O–H groups in total. The van der Waals surface area contributed by atoms with E-state index in [0.29, 0.717) is 17.9 Å². The standard InChI is InChI=1S/C14H19NO4S/c1-4-19-14(17)9-15-12-8-6-5-7-11(12)13(16)10-20(2,3)18/h5-8H,4,9-10H2,1-3H3/p+1. The Bertz CT molecular complexity index is 536. The minimum absolute atomic E-state index is 0.00818. The lowest BCUT2D eigenvalue weighted by molar-refractivity contribution is -0.140. The van der Waals surface area contributed by atoms with Crippen LogP contribution in [-0.4, -0.2) is 43.2 Å². The zero-order valence-corrected chi connectivity index (χ0v) is 12.8. The number of anilines is 1. The average molecular weight is 298 g/mol. The Labute approximate surface area is 120 Å². The molecule has 0 heterocycles. The number of hydrogen-bond acceptors (Lipinski definition) is 5. The van der Waals surface area contributed by atoms with Gasteiger partial charge in [-0.25, -0.2) is 0 Å². The van der Waals surface area contributed by atoms with Gasteiger partial charge in [-0.05, 0) is 19.1 Å². The first-order chi connectivity index (χ1) is 9.33. The Kier molecular flexibility index (Phi) is 5.88. The summed E-state index contributed by atoms with van der Waals surface area (Å²) in [5.74, 6) is -0.595. The molecule has 0 atom stereocenters. The first-order valence-electron chi connectivity index (χ1n) is 6.27. The molecule has 0 saturated carbocycles. The summed E-state index contributed by atoms with van der Waals surface area (Å²) in [6.07, 6.45) is 3.11. The Hall–Kier alpha value is -1.69. The van der Waals surface area contributed by atoms with Gasteiger partial charge in [-0.15, -0.1) is 4.21 Å². The van der Waals surface area contributed by atoms with Gasteiger partial charge in [-0.3, -0.25) is 9.59 Å². The maximum Gasteiger partial charge on any atom is 0.325 e. The van der Waals surface area contributed by atoms with E-state index in [-0.39, 0.29) is 24.1 Å². The molecule has 0 bridgehead atoms. The molecule has 20 heavy (non-hydrogen) atoms. The molecule has 0 radical (unpaired) electrons. The summed E-state index contributed by atoms with van der Waals surface area (Å²) in [5.41, 5.74) is 0.988. The van der Waals surface area contributed by atoms with Crippen molar-refractivity contribution in [3.63, 3.8) is 0 Å². The van der Waals surface area contributed by atoms with Crippen molar-refractivity contribution in [3.05, 3.63) is 29.8 Å². The predicted molar refractivity (Wildman–Crippen MR) is 80.7 cm³/mol. The van der Waals surface area contributed by atoms with Crippen LogP contribution in [0.1, 0.15) is 17.3 Å². The number of benzene rings is 1. The molecule has 1 aromatic carbocycles. The van der Waals surface area contributed by atoms with Crippen molar-refractivity contribution in [2.75, 3.05) is 36.7 Å². The summed E-state index contributed by atoms with van der Waals surface area (Å²) < 4.78 is 16.5. The van der Waals surface area contributed by atoms with Crippen LogP contribution in [0.5, 0.6) is 0 Å². The molecule has 110 valence electrons. The number of carbonyl (C=O) groups is 2. The van der Waals surface area contributed by atoms with Crippen molar-refractivity contribution in [2.45, 2.75) is 6.92 Å². The Morgan fingerprint density at radius 1 is 1.25 bits per heavy atom. The van der Waals surface area contributed by atoms with E-state index >= 15 is 0 Å². The average Bonchev–Trinajstić information content (AvgIpc) is 2.35. The second-order valence-corrected chi connectivity index (χ2v) is 7.87. The van der Waals surface area contributed by atoms with E-state index in [4.69, 9.17) is 4.74 Å². The lowest BCUT2D eigenvalue weighted by Gasteiger charge is -2.10. The number of rotatable bonds is 7. The topological polar surface area (TPSA) is 72.5 Å². The van der Waals surface area contributed by atoms with Gasteiger partial charge in [0.25, 0.3) is 0 Å². The fraction of sp³-hybridized carbons (Fsp3) is 0.429. The van der Waals surface area contributed by atoms with Gasteiger partial charge < -0.3 is 10.1 Å². The van der Waals surface area contributed by atoms with Gasteiger partial charge >= 0.3 is 5.97 Å². The Morgan fingerprint density at radius 2 is 1.90 bits per heavy atom. The molecular weight excluding hydrogens is 278 g/mol. The number of Topliss-reactive ketones (excluding diaryl/α,β-unsaturated/α-hetero) is 1. The summed E-state index contributed by atoms with van der Waals surface area (Å²) in [4.78, 5) is 23.4. The molecule has 5 nitrogen and oxygen atoms in total. The molecular formula is C14H20NO4S+. The van der Waals surface area contributed by atoms with Gasteiger partial charge in [0.1, 0.15) is 19.1 Å². The van der Waals surface area contributed by atoms with Crippen molar-refractivity contribution >= 4 is 27.4 Å². The predicted octanol–water partition coefficient (Wildman–Crippen LogP) is 1.60. The van der Waals surface area contributed by atoms with Crippen molar-refractivity contribution < 1.29 is 18.5 Å². The zero-order valence-electron chi connectivity index (χ0n) is 12.0. The molecule has 0 aromatic heterocycles. The third-order valence-corrected chi connectivity index (χ3v) is 3.39. The monoisotopic (exact) mass is 298 g/mol. The summed E-state index contributed by atoms with van der Waals surface area (Å²) in [6.45, 7) is 2.04. The molecule has 0 spiro atoms. The van der Waals surface area contributed by atoms with Crippen molar-refractivity contribution in [1.82, 2.24) is 0 Å². The van der Waals surface area contributed by atoms with Crippen LogP contribution in [0.3, 0.4) is 0 Å². The van der Waals surface area contributed by atoms with E-state index in [2.05, 4.69) is 5.32 Å². The summed E-state index contributed by atoms with van der Waals surface area (Å²) in [6, 6.07) is 6.86. The lowest BCUT2D eigenvalue weighted by atomic mass is 10.1. The van der Waals surface area contributed by atoms with Crippen LogP contribution in [-0.2, 0) is 23.7 Å². The van der Waals surface area contributed by atoms with Crippen LogP contribution < -0.4 is 5.32 Å². The highest BCUT2D eigenvalue weighted by atomic mass is 32.2. The van der Waals surface area contributed by atoms with Crippen LogP contribution >= 0.6 is 0 Å². The van der Waals surface area contributed by atoms with Gasteiger partial charge in [0, 0.05) is 11.3 Å². The van der Waals surface area contributed by atoms with Gasteiger partial charge in [-0.1, -0.05) is 12.1 Å². The molecule has 0 amide bonds. The Balaban J connectivity index is 2.80. The summed E-state index contributed by atoms with van der Waals surface area (Å²) in [5, 5.41) is 2.88. The lowest BCUT2D eigenvalue weighted by Crippen LogP contribution is -2.22. The van der Waals surface area contributed by atoms with Gasteiger partial charge in [0.05, 0.1) is 16.5 Å². The molecule has 0 fully saturated rings. The Morgan fingerprint density at radius 3 is 2.50 bits per heavy atom. The van der Waals surface area contributed by atoms with Crippen molar-refractivity contribution in [2.24, 2.45) is 0 Å². The maximum atomic E-state index is 12.1. The van der Waals surface area contributed by atoms with Gasteiger partial charge in [0.15, 0.2) is 5.75 Å². The number of hydrogen-bond donors (Lipinski definition) is 1. The second kappa shape index (κ2) is 7.19. The number of nitrogens with one attached hydrogen (secondary N) is 1. The number of ether oxygens (including phenoxy) is 1. The van der Waals surface area contributed by atoms with Crippen LogP contribution in [0, 0.1) is 0 Å². The van der Waals surface area contributed by atoms with Gasteiger partial charge in [0.2, 0.25) is 5.78 Å². The van der Waals surface area contributed by atoms with Crippen molar-refractivity contribution in [1.29, 1.82) is 0 Å². The zero-order chi connectivity index (χ0) is 15.2. The van der Waals surface area contributed by atoms with Gasteiger partial charge in [-0.2, -0.15) is 0 Å². The fourth-order valence-corrected chi connectivity index (χ4v) is 2.44. The number of carbonyl (C=O) groups excluding carboxylic acids is 2. The molecule has 0 aliphatic carbocycles. The second-order valence-electron chi connectivity index (χ2n) is 4.71. The summed E-state index contributed by atoms with van der Waals surface area (Å²) in [7, 11) is -2.15. The number of para-hydroxylation sites is 1. The van der Waals surface area contributed by atoms with Crippen molar-refractivity contribution in [3.8, 4) is 0 Å². The van der Waals surface area contributed by atoms with Crippen LogP contribution in [0.2, 0.25) is 0 Å². The third kappa shape index (κ3) is 5.52. The third-order valence-electron chi connectivity index (χ3n) is 2.43. The molecule has 0 unspecified atom stereocenters. The van der Waals surface area contributed by atoms with E-state index in [1.807, 2.05) is 0 Å². The molecule has 0 aliphatic heterocycles. The SMILES string of the molecule is CCOC(=O)CNc1ccccc1C(=O)C[S+](C)(C)=O. The maximum absolute atomic E-state index is 12.1. The number of ketones is 1. The first kappa shape index (κ1) is 16.4. The number of esters is 1.